The van der Waals surface area contributed by atoms with E-state index >= 15 is 0 Å². The van der Waals surface area contributed by atoms with Gasteiger partial charge in [0, 0.05) is 92.6 Å². The highest BCUT2D eigenvalue weighted by Crippen LogP contribution is 2.32. The van der Waals surface area contributed by atoms with E-state index in [1.165, 1.54) is 24.9 Å². The second-order valence-corrected chi connectivity index (χ2v) is 15.3. The van der Waals surface area contributed by atoms with Crippen molar-refractivity contribution in [2.75, 3.05) is 63.5 Å². The third-order valence-electron chi connectivity index (χ3n) is 7.96. The molecule has 0 aliphatic carbocycles. The number of aromatic amines is 1. The van der Waals surface area contributed by atoms with E-state index in [0.29, 0.717) is 55.1 Å². The number of carbonyl (C=O) groups is 2. The summed E-state index contributed by atoms with van der Waals surface area (Å²) in [7, 11) is -2.61. The summed E-state index contributed by atoms with van der Waals surface area (Å²) in [5.41, 5.74) is 2.14. The van der Waals surface area contributed by atoms with Crippen molar-refractivity contribution in [2.24, 2.45) is 0 Å². The van der Waals surface area contributed by atoms with Crippen LogP contribution in [0.1, 0.15) is 29.4 Å². The second kappa shape index (κ2) is 18.4. The molecule has 1 aliphatic heterocycles. The van der Waals surface area contributed by atoms with Crippen molar-refractivity contribution in [1.82, 2.24) is 25.1 Å². The highest BCUT2D eigenvalue weighted by molar-refractivity contribution is 7.99. The maximum absolute atomic E-state index is 13.6. The van der Waals surface area contributed by atoms with Crippen molar-refractivity contribution >= 4 is 62.2 Å². The standard InChI is InChI=1S/C34H42N6O7S3/c1-25(41)40-15-13-39(14-16-40)23-29(48-24-26-9-4-3-5-10-26)22-36-34(42)31-20-27-19-28(46-17-8-18-49-47-45-2)21-30(33(27)37-31)38-50(43,44)32-11-6-7-12-35-32/h3-7,9-12,19-21,29,37-38H,8,13-18,22-24H2,1-2H3,(H,36,42). The number of rotatable bonds is 18. The number of benzene rings is 2. The number of hydrogen-bond acceptors (Lipinski definition) is 11. The number of aromatic nitrogens is 2. The van der Waals surface area contributed by atoms with Crippen LogP contribution in [0.5, 0.6) is 5.75 Å². The van der Waals surface area contributed by atoms with Crippen molar-refractivity contribution in [1.29, 1.82) is 0 Å². The zero-order valence-electron chi connectivity index (χ0n) is 28.0. The second-order valence-electron chi connectivity index (χ2n) is 11.6. The molecule has 4 aromatic rings. The third-order valence-corrected chi connectivity index (χ3v) is 11.2. The number of anilines is 1. The molecule has 0 bridgehead atoms. The Morgan fingerprint density at radius 3 is 2.54 bits per heavy atom. The first-order valence-electron chi connectivity index (χ1n) is 16.2. The lowest BCUT2D eigenvalue weighted by Crippen LogP contribution is -2.50. The number of H-pyrrole nitrogens is 1. The number of amides is 2. The van der Waals surface area contributed by atoms with Crippen LogP contribution < -0.4 is 14.8 Å². The summed E-state index contributed by atoms with van der Waals surface area (Å²) in [6.07, 6.45) is 2.06. The Morgan fingerprint density at radius 1 is 1.04 bits per heavy atom. The molecule has 1 aliphatic rings. The number of nitrogens with one attached hydrogen (secondary N) is 3. The molecule has 2 amide bonds. The van der Waals surface area contributed by atoms with Crippen LogP contribution in [0.25, 0.3) is 10.9 Å². The summed E-state index contributed by atoms with van der Waals surface area (Å²) >= 11 is 2.93. The number of thioether (sulfide) groups is 1. The Morgan fingerprint density at radius 2 is 1.82 bits per heavy atom. The van der Waals surface area contributed by atoms with Gasteiger partial charge in [0.2, 0.25) is 5.91 Å². The van der Waals surface area contributed by atoms with Gasteiger partial charge in [0.15, 0.2) is 5.03 Å². The number of nitrogens with zero attached hydrogens (tertiary/aromatic N) is 3. The van der Waals surface area contributed by atoms with Gasteiger partial charge in [-0.2, -0.15) is 24.5 Å². The average Bonchev–Trinajstić information content (AvgIpc) is 3.57. The van der Waals surface area contributed by atoms with Gasteiger partial charge in [0.05, 0.1) is 24.9 Å². The van der Waals surface area contributed by atoms with Crippen LogP contribution in [0.3, 0.4) is 0 Å². The first-order valence-corrected chi connectivity index (χ1v) is 19.6. The number of fused-ring (bicyclic) bond motifs is 1. The molecule has 2 aromatic heterocycles. The fourth-order valence-electron chi connectivity index (χ4n) is 5.40. The zero-order chi connectivity index (χ0) is 35.3. The minimum Gasteiger partial charge on any atom is -0.493 e. The molecule has 1 fully saturated rings. The predicted molar refractivity (Wildman–Crippen MR) is 197 cm³/mol. The molecule has 268 valence electrons. The number of pyridine rings is 1. The predicted octanol–water partition coefficient (Wildman–Crippen LogP) is 4.55. The summed E-state index contributed by atoms with van der Waals surface area (Å²) in [6, 6.07) is 19.9. The maximum atomic E-state index is 13.6. The number of ether oxygens (including phenoxy) is 1. The molecule has 16 heteroatoms. The lowest BCUT2D eigenvalue weighted by Gasteiger charge is -2.36. The molecule has 50 heavy (non-hydrogen) atoms. The van der Waals surface area contributed by atoms with Gasteiger partial charge in [-0.3, -0.25) is 19.2 Å². The van der Waals surface area contributed by atoms with Crippen LogP contribution in [0.4, 0.5) is 5.69 Å². The molecule has 3 heterocycles. The molecule has 1 saturated heterocycles. The van der Waals surface area contributed by atoms with Gasteiger partial charge >= 0.3 is 0 Å². The van der Waals surface area contributed by atoms with E-state index in [0.717, 1.165) is 37.4 Å². The van der Waals surface area contributed by atoms with Gasteiger partial charge in [-0.05, 0) is 36.2 Å². The molecule has 5 rings (SSSR count). The minimum atomic E-state index is -4.04. The summed E-state index contributed by atoms with van der Waals surface area (Å²) in [4.78, 5) is 41.3. The SMILES string of the molecule is COOSCCCOc1cc(NS(=O)(=O)c2ccccn2)c2[nH]c(C(=O)NCC(CN3CCN(C(C)=O)CC3)SCc3ccccc3)cc2c1. The molecular weight excluding hydrogens is 701 g/mol. The Bertz CT molecular complexity index is 1800. The molecule has 1 atom stereocenters. The smallest absolute Gasteiger partial charge is 0.279 e. The summed E-state index contributed by atoms with van der Waals surface area (Å²) in [5, 5.41) is 3.64. The van der Waals surface area contributed by atoms with E-state index in [1.54, 1.807) is 49.0 Å². The number of carbonyl (C=O) groups excluding carboxylic acids is 2. The van der Waals surface area contributed by atoms with E-state index in [2.05, 4.69) is 41.9 Å². The van der Waals surface area contributed by atoms with Crippen LogP contribution >= 0.6 is 23.8 Å². The van der Waals surface area contributed by atoms with Crippen molar-refractivity contribution in [2.45, 2.75) is 29.4 Å². The van der Waals surface area contributed by atoms with E-state index in [1.807, 2.05) is 23.1 Å². The van der Waals surface area contributed by atoms with Gasteiger partial charge in [-0.15, -0.1) is 0 Å². The van der Waals surface area contributed by atoms with Crippen LogP contribution in [0.2, 0.25) is 0 Å². The molecule has 13 nitrogen and oxygen atoms in total. The molecule has 0 saturated carbocycles. The Kier molecular flexibility index (Phi) is 13.8. The van der Waals surface area contributed by atoms with Crippen molar-refractivity contribution in [3.63, 3.8) is 0 Å². The van der Waals surface area contributed by atoms with Crippen LogP contribution in [0, 0.1) is 0 Å². The number of sulfonamides is 1. The van der Waals surface area contributed by atoms with Crippen LogP contribution in [0.15, 0.2) is 78.0 Å². The van der Waals surface area contributed by atoms with E-state index in [-0.39, 0.29) is 33.5 Å². The van der Waals surface area contributed by atoms with Crippen LogP contribution in [-0.4, -0.2) is 104 Å². The summed E-state index contributed by atoms with van der Waals surface area (Å²) in [6.45, 7) is 6.04. The van der Waals surface area contributed by atoms with Gasteiger partial charge in [-0.25, -0.2) is 9.87 Å². The van der Waals surface area contributed by atoms with Crippen molar-refractivity contribution in [3.8, 4) is 5.75 Å². The molecular formula is C34H42N6O7S3. The fraction of sp³-hybridized carbons (Fsp3) is 0.382. The molecule has 0 spiro atoms. The summed E-state index contributed by atoms with van der Waals surface area (Å²) < 4.78 is 39.9. The molecule has 1 unspecified atom stereocenters. The quantitative estimate of drug-likeness (QED) is 0.0569. The topological polar surface area (TPSA) is 155 Å². The molecule has 3 N–H and O–H groups in total. The number of hydrogen-bond donors (Lipinski definition) is 3. The largest absolute Gasteiger partial charge is 0.493 e. The van der Waals surface area contributed by atoms with E-state index in [9.17, 15) is 18.0 Å². The summed E-state index contributed by atoms with van der Waals surface area (Å²) in [5.74, 6) is 1.63. The van der Waals surface area contributed by atoms with E-state index < -0.39 is 10.0 Å². The first-order chi connectivity index (χ1) is 24.2. The Hall–Kier alpha value is -3.80. The average molecular weight is 743 g/mol. The van der Waals surface area contributed by atoms with Crippen molar-refractivity contribution < 1.29 is 32.0 Å². The third kappa shape index (κ3) is 10.8. The first kappa shape index (κ1) is 37.5. The highest BCUT2D eigenvalue weighted by Gasteiger charge is 2.24. The Balaban J connectivity index is 1.31. The maximum Gasteiger partial charge on any atom is 0.279 e. The van der Waals surface area contributed by atoms with Gasteiger partial charge in [-0.1, -0.05) is 36.4 Å². The highest BCUT2D eigenvalue weighted by atomic mass is 32.2. The lowest BCUT2D eigenvalue weighted by atomic mass is 10.2. The number of piperazine rings is 1. The Labute approximate surface area is 301 Å². The fourth-order valence-corrected chi connectivity index (χ4v) is 7.95. The van der Waals surface area contributed by atoms with Gasteiger partial charge < -0.3 is 19.9 Å². The molecule has 2 aromatic carbocycles. The monoisotopic (exact) mass is 742 g/mol. The molecule has 0 radical (unpaired) electrons. The van der Waals surface area contributed by atoms with Gasteiger partial charge in [0.25, 0.3) is 15.9 Å². The lowest BCUT2D eigenvalue weighted by molar-refractivity contribution is -0.160. The van der Waals surface area contributed by atoms with Crippen molar-refractivity contribution in [3.05, 3.63) is 84.2 Å². The van der Waals surface area contributed by atoms with E-state index in [4.69, 9.17) is 9.07 Å². The van der Waals surface area contributed by atoms with Crippen LogP contribution in [-0.2, 0) is 29.8 Å². The zero-order valence-corrected chi connectivity index (χ0v) is 30.5. The minimum absolute atomic E-state index is 0.0839. The normalized spacial score (nSPS) is 14.4. The van der Waals surface area contributed by atoms with Gasteiger partial charge in [0.1, 0.15) is 11.4 Å².